The highest BCUT2D eigenvalue weighted by Crippen LogP contribution is 2.48. The Bertz CT molecular complexity index is 658. The number of hydrogen-bond donors (Lipinski definition) is 0. The van der Waals surface area contributed by atoms with E-state index >= 15 is 0 Å². The Morgan fingerprint density at radius 3 is 2.45 bits per heavy atom. The second-order valence-corrected chi connectivity index (χ2v) is 7.10. The fourth-order valence-corrected chi connectivity index (χ4v) is 4.71. The summed E-state index contributed by atoms with van der Waals surface area (Å²) in [4.78, 5) is 0.539. The van der Waals surface area contributed by atoms with Crippen LogP contribution in [0, 0.1) is 0 Å². The van der Waals surface area contributed by atoms with E-state index in [9.17, 15) is 8.42 Å². The van der Waals surface area contributed by atoms with Crippen LogP contribution in [0.15, 0.2) is 46.2 Å². The molecule has 1 aromatic carbocycles. The molecule has 0 saturated carbocycles. The molecule has 2 bridgehead atoms. The molecular weight excluding hydrogens is 280 g/mol. The van der Waals surface area contributed by atoms with E-state index in [1.807, 2.05) is 0 Å². The van der Waals surface area contributed by atoms with Crippen molar-refractivity contribution in [2.45, 2.75) is 29.3 Å². The van der Waals surface area contributed by atoms with E-state index in [-0.39, 0.29) is 15.9 Å². The van der Waals surface area contributed by atoms with Crippen molar-refractivity contribution < 1.29 is 22.6 Å². The first-order valence-corrected chi connectivity index (χ1v) is 8.05. The number of hydrogen-bond acceptors (Lipinski definition) is 5. The van der Waals surface area contributed by atoms with Gasteiger partial charge in [-0.2, -0.15) is 0 Å². The highest BCUT2D eigenvalue weighted by Gasteiger charge is 2.60. The predicted octanol–water partition coefficient (Wildman–Crippen LogP) is 1.26. The van der Waals surface area contributed by atoms with Crippen molar-refractivity contribution in [3.05, 3.63) is 41.3 Å². The minimum atomic E-state index is -3.56. The van der Waals surface area contributed by atoms with Crippen molar-refractivity contribution in [2.24, 2.45) is 0 Å². The minimum Gasteiger partial charge on any atom is -0.360 e. The lowest BCUT2D eigenvalue weighted by Crippen LogP contribution is -2.43. The van der Waals surface area contributed by atoms with Gasteiger partial charge in [-0.25, -0.2) is 8.42 Å². The van der Waals surface area contributed by atoms with Gasteiger partial charge in [-0.15, -0.1) is 0 Å². The Morgan fingerprint density at radius 1 is 1.10 bits per heavy atom. The maximum atomic E-state index is 12.7. The number of ether oxygens (including phenoxy) is 3. The van der Waals surface area contributed by atoms with Gasteiger partial charge in [0.25, 0.3) is 0 Å². The third-order valence-electron chi connectivity index (χ3n) is 3.94. The molecule has 3 aliphatic rings. The molecule has 1 spiro atoms. The molecule has 0 radical (unpaired) electrons. The maximum absolute atomic E-state index is 12.7. The molecule has 3 heterocycles. The highest BCUT2D eigenvalue weighted by atomic mass is 32.2. The van der Waals surface area contributed by atoms with Gasteiger partial charge in [-0.1, -0.05) is 18.2 Å². The molecule has 2 atom stereocenters. The second kappa shape index (κ2) is 4.14. The smallest absolute Gasteiger partial charge is 0.205 e. The summed E-state index contributed by atoms with van der Waals surface area (Å²) < 4.78 is 42.4. The quantitative estimate of drug-likeness (QED) is 0.821. The van der Waals surface area contributed by atoms with Crippen molar-refractivity contribution in [3.63, 3.8) is 0 Å². The van der Waals surface area contributed by atoms with E-state index in [1.165, 1.54) is 0 Å². The van der Waals surface area contributed by atoms with E-state index in [0.29, 0.717) is 19.6 Å². The standard InChI is InChI=1S/C14H14O5S/c15-20(16,11-4-2-1-3-5-11)12-8-10-9-14(13(12)19-10)17-6-7-18-14/h1-5,8,10,13H,6-7,9H2/t10-,13+/m1/s1. The van der Waals surface area contributed by atoms with Crippen LogP contribution < -0.4 is 0 Å². The van der Waals surface area contributed by atoms with Crippen LogP contribution in [0.5, 0.6) is 0 Å². The Hall–Kier alpha value is -1.21. The van der Waals surface area contributed by atoms with Crippen molar-refractivity contribution in [3.8, 4) is 0 Å². The van der Waals surface area contributed by atoms with Gasteiger partial charge in [0.15, 0.2) is 0 Å². The molecule has 0 N–H and O–H groups in total. The molecule has 106 valence electrons. The van der Waals surface area contributed by atoms with E-state index in [4.69, 9.17) is 14.2 Å². The van der Waals surface area contributed by atoms with E-state index in [2.05, 4.69) is 0 Å². The molecule has 0 amide bonds. The van der Waals surface area contributed by atoms with Crippen LogP contribution in [0.1, 0.15) is 6.42 Å². The van der Waals surface area contributed by atoms with Crippen molar-refractivity contribution in [1.82, 2.24) is 0 Å². The average Bonchev–Trinajstić information content (AvgIpc) is 3.16. The van der Waals surface area contributed by atoms with Crippen molar-refractivity contribution in [1.29, 1.82) is 0 Å². The second-order valence-electron chi connectivity index (χ2n) is 5.15. The number of benzene rings is 1. The van der Waals surface area contributed by atoms with Crippen LogP contribution in [0.25, 0.3) is 0 Å². The summed E-state index contributed by atoms with van der Waals surface area (Å²) >= 11 is 0. The van der Waals surface area contributed by atoms with Crippen LogP contribution in [0.3, 0.4) is 0 Å². The van der Waals surface area contributed by atoms with Crippen LogP contribution in [-0.4, -0.2) is 39.6 Å². The molecule has 2 fully saturated rings. The Kier molecular flexibility index (Phi) is 2.59. The molecule has 20 heavy (non-hydrogen) atoms. The van der Waals surface area contributed by atoms with E-state index in [0.717, 1.165) is 0 Å². The summed E-state index contributed by atoms with van der Waals surface area (Å²) in [6.45, 7) is 0.955. The maximum Gasteiger partial charge on any atom is 0.205 e. The lowest BCUT2D eigenvalue weighted by Gasteiger charge is -2.29. The molecule has 0 unspecified atom stereocenters. The van der Waals surface area contributed by atoms with Gasteiger partial charge in [-0.3, -0.25) is 0 Å². The predicted molar refractivity (Wildman–Crippen MR) is 69.6 cm³/mol. The third kappa shape index (κ3) is 1.62. The average molecular weight is 294 g/mol. The van der Waals surface area contributed by atoms with Crippen molar-refractivity contribution >= 4 is 9.84 Å². The lowest BCUT2D eigenvalue weighted by atomic mass is 10.0. The number of rotatable bonds is 2. The van der Waals surface area contributed by atoms with Gasteiger partial charge < -0.3 is 14.2 Å². The summed E-state index contributed by atoms with van der Waals surface area (Å²) in [5.41, 5.74) is 0. The van der Waals surface area contributed by atoms with Gasteiger partial charge in [0, 0.05) is 6.42 Å². The van der Waals surface area contributed by atoms with Crippen LogP contribution in [0.2, 0.25) is 0 Å². The van der Waals surface area contributed by atoms with Gasteiger partial charge in [0.1, 0.15) is 6.10 Å². The molecule has 0 aromatic heterocycles. The largest absolute Gasteiger partial charge is 0.360 e. The van der Waals surface area contributed by atoms with Crippen LogP contribution in [0.4, 0.5) is 0 Å². The Morgan fingerprint density at radius 2 is 1.80 bits per heavy atom. The monoisotopic (exact) mass is 294 g/mol. The van der Waals surface area contributed by atoms with E-state index < -0.39 is 21.7 Å². The molecule has 0 aliphatic carbocycles. The van der Waals surface area contributed by atoms with E-state index in [1.54, 1.807) is 36.4 Å². The Balaban J connectivity index is 1.75. The molecule has 1 aromatic rings. The highest BCUT2D eigenvalue weighted by molar-refractivity contribution is 7.95. The minimum absolute atomic E-state index is 0.244. The molecule has 3 aliphatic heterocycles. The summed E-state index contributed by atoms with van der Waals surface area (Å²) in [5, 5.41) is 0. The van der Waals surface area contributed by atoms with Gasteiger partial charge >= 0.3 is 0 Å². The first kappa shape index (κ1) is 12.5. The zero-order valence-electron chi connectivity index (χ0n) is 10.7. The molecule has 5 nitrogen and oxygen atoms in total. The summed E-state index contributed by atoms with van der Waals surface area (Å²) in [6, 6.07) is 8.38. The van der Waals surface area contributed by atoms with Gasteiger partial charge in [0.2, 0.25) is 15.6 Å². The summed E-state index contributed by atoms with van der Waals surface area (Å²) in [6.07, 6.45) is 1.35. The zero-order valence-corrected chi connectivity index (χ0v) is 11.5. The topological polar surface area (TPSA) is 61.8 Å². The van der Waals surface area contributed by atoms with Crippen molar-refractivity contribution in [2.75, 3.05) is 13.2 Å². The number of sulfone groups is 1. The fraction of sp³-hybridized carbons (Fsp3) is 0.429. The molecule has 6 heteroatoms. The SMILES string of the molecule is O=S(=O)(C1=C[C@@H]2CC3(OCCO3)[C@H]1O2)c1ccccc1. The summed E-state index contributed by atoms with van der Waals surface area (Å²) in [7, 11) is -3.56. The first-order valence-electron chi connectivity index (χ1n) is 6.57. The summed E-state index contributed by atoms with van der Waals surface area (Å²) in [5.74, 6) is -0.906. The van der Waals surface area contributed by atoms with Crippen LogP contribution >= 0.6 is 0 Å². The van der Waals surface area contributed by atoms with Gasteiger partial charge in [-0.05, 0) is 18.2 Å². The molecule has 2 saturated heterocycles. The normalized spacial score (nSPS) is 30.9. The first-order chi connectivity index (χ1) is 9.62. The van der Waals surface area contributed by atoms with Gasteiger partial charge in [0.05, 0.1) is 29.1 Å². The van der Waals surface area contributed by atoms with Crippen LogP contribution in [-0.2, 0) is 24.0 Å². The lowest BCUT2D eigenvalue weighted by molar-refractivity contribution is -0.176. The fourth-order valence-electron chi connectivity index (χ4n) is 3.07. The number of fused-ring (bicyclic) bond motifs is 3. The molecule has 4 rings (SSSR count). The molecular formula is C14H14O5S. The third-order valence-corrected chi connectivity index (χ3v) is 5.81. The Labute approximate surface area is 117 Å². The zero-order chi connectivity index (χ0) is 13.8.